The van der Waals surface area contributed by atoms with Gasteiger partial charge in [0.15, 0.2) is 0 Å². The minimum absolute atomic E-state index is 0.0441. The van der Waals surface area contributed by atoms with Crippen LogP contribution in [0.2, 0.25) is 5.02 Å². The quantitative estimate of drug-likeness (QED) is 0.901. The molecule has 1 aromatic heterocycles. The van der Waals surface area contributed by atoms with Crippen molar-refractivity contribution in [3.63, 3.8) is 0 Å². The minimum Gasteiger partial charge on any atom is -0.497 e. The number of hydrogen-bond donors (Lipinski definition) is 2. The largest absolute Gasteiger partial charge is 0.497 e. The molecule has 0 aliphatic heterocycles. The lowest BCUT2D eigenvalue weighted by molar-refractivity contribution is 0.0697. The third kappa shape index (κ3) is 2.61. The maximum atomic E-state index is 11.3. The number of hydrogen-bond acceptors (Lipinski definition) is 4. The summed E-state index contributed by atoms with van der Waals surface area (Å²) >= 11 is 6.10. The van der Waals surface area contributed by atoms with E-state index < -0.39 is 5.97 Å². The van der Waals surface area contributed by atoms with Gasteiger partial charge in [0.2, 0.25) is 0 Å². The predicted octanol–water partition coefficient (Wildman–Crippen LogP) is 2.69. The number of aromatic nitrogens is 1. The van der Waals surface area contributed by atoms with E-state index in [0.29, 0.717) is 21.9 Å². The number of pyridine rings is 1. The number of carboxylic acids is 1. The van der Waals surface area contributed by atoms with E-state index >= 15 is 0 Å². The highest BCUT2D eigenvalue weighted by Gasteiger charge is 2.16. The zero-order chi connectivity index (χ0) is 14.0. The highest BCUT2D eigenvalue weighted by molar-refractivity contribution is 6.33. The first-order chi connectivity index (χ1) is 9.02. The van der Waals surface area contributed by atoms with Crippen LogP contribution < -0.4 is 10.5 Å². The Labute approximate surface area is 114 Å². The number of halogens is 1. The second-order valence-corrected chi connectivity index (χ2v) is 4.21. The van der Waals surface area contributed by atoms with Crippen molar-refractivity contribution in [2.24, 2.45) is 0 Å². The Bertz CT molecular complexity index is 644. The standard InChI is InChI=1S/C13H11ClN2O3/c1-19-7-2-3-11(14)8(4-7)10-6-16-12(15)5-9(10)13(17)18/h2-6H,1H3,(H2,15,16)(H,17,18). The molecule has 0 aliphatic carbocycles. The van der Waals surface area contributed by atoms with Gasteiger partial charge in [-0.15, -0.1) is 0 Å². The fourth-order valence-corrected chi connectivity index (χ4v) is 1.92. The molecule has 0 saturated heterocycles. The fraction of sp³-hybridized carbons (Fsp3) is 0.0769. The zero-order valence-corrected chi connectivity index (χ0v) is 10.8. The molecular formula is C13H11ClN2O3. The molecule has 19 heavy (non-hydrogen) atoms. The summed E-state index contributed by atoms with van der Waals surface area (Å²) in [6.45, 7) is 0. The summed E-state index contributed by atoms with van der Waals surface area (Å²) in [7, 11) is 1.52. The number of carboxylic acid groups (broad SMARTS) is 1. The van der Waals surface area contributed by atoms with Crippen LogP contribution >= 0.6 is 11.6 Å². The Morgan fingerprint density at radius 1 is 1.37 bits per heavy atom. The summed E-state index contributed by atoms with van der Waals surface area (Å²) in [5.41, 5.74) is 6.48. The van der Waals surface area contributed by atoms with Gasteiger partial charge in [0.25, 0.3) is 0 Å². The molecule has 2 rings (SSSR count). The molecule has 5 nitrogen and oxygen atoms in total. The number of carbonyl (C=O) groups is 1. The van der Waals surface area contributed by atoms with Crippen LogP contribution in [0.15, 0.2) is 30.5 Å². The molecule has 0 saturated carbocycles. The van der Waals surface area contributed by atoms with Crippen molar-refractivity contribution < 1.29 is 14.6 Å². The number of benzene rings is 1. The van der Waals surface area contributed by atoms with Crippen LogP contribution in [-0.4, -0.2) is 23.2 Å². The average Bonchev–Trinajstić information content (AvgIpc) is 2.39. The van der Waals surface area contributed by atoms with Gasteiger partial charge in [0.05, 0.1) is 12.7 Å². The normalized spacial score (nSPS) is 10.2. The van der Waals surface area contributed by atoms with Gasteiger partial charge in [-0.25, -0.2) is 9.78 Å². The molecule has 0 fully saturated rings. The van der Waals surface area contributed by atoms with Gasteiger partial charge in [-0.1, -0.05) is 11.6 Å². The van der Waals surface area contributed by atoms with Crippen molar-refractivity contribution in [1.82, 2.24) is 4.98 Å². The van der Waals surface area contributed by atoms with E-state index in [1.807, 2.05) is 0 Å². The van der Waals surface area contributed by atoms with E-state index in [0.717, 1.165) is 0 Å². The molecular weight excluding hydrogens is 268 g/mol. The lowest BCUT2D eigenvalue weighted by Crippen LogP contribution is -2.03. The van der Waals surface area contributed by atoms with Crippen molar-refractivity contribution >= 4 is 23.4 Å². The summed E-state index contributed by atoms with van der Waals surface area (Å²) in [5.74, 6) is -0.379. The monoisotopic (exact) mass is 278 g/mol. The van der Waals surface area contributed by atoms with Crippen LogP contribution in [0.5, 0.6) is 5.75 Å². The van der Waals surface area contributed by atoms with Crippen LogP contribution in [0.4, 0.5) is 5.82 Å². The van der Waals surface area contributed by atoms with Crippen LogP contribution in [-0.2, 0) is 0 Å². The lowest BCUT2D eigenvalue weighted by Gasteiger charge is -2.10. The molecule has 0 atom stereocenters. The van der Waals surface area contributed by atoms with Gasteiger partial charge in [-0.2, -0.15) is 0 Å². The van der Waals surface area contributed by atoms with Crippen LogP contribution in [0.1, 0.15) is 10.4 Å². The number of nitrogens with two attached hydrogens (primary N) is 1. The second kappa shape index (κ2) is 5.16. The lowest BCUT2D eigenvalue weighted by atomic mass is 10.0. The maximum absolute atomic E-state index is 11.3. The first-order valence-corrected chi connectivity index (χ1v) is 5.73. The van der Waals surface area contributed by atoms with Gasteiger partial charge in [0.1, 0.15) is 11.6 Å². The maximum Gasteiger partial charge on any atom is 0.336 e. The highest BCUT2D eigenvalue weighted by Crippen LogP contribution is 2.33. The average molecular weight is 279 g/mol. The van der Waals surface area contributed by atoms with E-state index in [2.05, 4.69) is 4.98 Å². The van der Waals surface area contributed by atoms with Crippen molar-refractivity contribution in [3.05, 3.63) is 41.0 Å². The minimum atomic E-state index is -1.09. The van der Waals surface area contributed by atoms with E-state index in [4.69, 9.17) is 22.1 Å². The van der Waals surface area contributed by atoms with E-state index in [1.54, 1.807) is 18.2 Å². The summed E-state index contributed by atoms with van der Waals surface area (Å²) in [4.78, 5) is 15.2. The third-order valence-corrected chi connectivity index (χ3v) is 2.95. The molecule has 1 heterocycles. The van der Waals surface area contributed by atoms with Crippen LogP contribution in [0.25, 0.3) is 11.1 Å². The Morgan fingerprint density at radius 2 is 2.11 bits per heavy atom. The Hall–Kier alpha value is -2.27. The Morgan fingerprint density at radius 3 is 2.74 bits per heavy atom. The van der Waals surface area contributed by atoms with Gasteiger partial charge in [-0.3, -0.25) is 0 Å². The molecule has 0 unspecified atom stereocenters. The Kier molecular flexibility index (Phi) is 3.57. The molecule has 0 spiro atoms. The number of ether oxygens (including phenoxy) is 1. The number of aromatic carboxylic acids is 1. The van der Waals surface area contributed by atoms with Crippen molar-refractivity contribution in [3.8, 4) is 16.9 Å². The molecule has 0 radical (unpaired) electrons. The van der Waals surface area contributed by atoms with Gasteiger partial charge in [0, 0.05) is 22.3 Å². The van der Waals surface area contributed by atoms with Crippen molar-refractivity contribution in [1.29, 1.82) is 0 Å². The third-order valence-electron chi connectivity index (χ3n) is 2.62. The van der Waals surface area contributed by atoms with E-state index in [-0.39, 0.29) is 11.4 Å². The molecule has 0 amide bonds. The van der Waals surface area contributed by atoms with Crippen LogP contribution in [0, 0.1) is 0 Å². The topological polar surface area (TPSA) is 85.4 Å². The number of anilines is 1. The van der Waals surface area contributed by atoms with E-state index in [9.17, 15) is 9.90 Å². The molecule has 2 aromatic rings. The fourth-order valence-electron chi connectivity index (χ4n) is 1.70. The first-order valence-electron chi connectivity index (χ1n) is 5.35. The molecule has 6 heteroatoms. The highest BCUT2D eigenvalue weighted by atomic mass is 35.5. The second-order valence-electron chi connectivity index (χ2n) is 3.81. The van der Waals surface area contributed by atoms with Crippen molar-refractivity contribution in [2.45, 2.75) is 0 Å². The zero-order valence-electron chi connectivity index (χ0n) is 10.1. The summed E-state index contributed by atoms with van der Waals surface area (Å²) in [5, 5.41) is 9.62. The van der Waals surface area contributed by atoms with Crippen LogP contribution in [0.3, 0.4) is 0 Å². The molecule has 98 valence electrons. The smallest absolute Gasteiger partial charge is 0.336 e. The number of nitrogen functional groups attached to an aromatic ring is 1. The predicted molar refractivity (Wildman–Crippen MR) is 72.6 cm³/mol. The molecule has 3 N–H and O–H groups in total. The van der Waals surface area contributed by atoms with Crippen molar-refractivity contribution in [2.75, 3.05) is 12.8 Å². The molecule has 0 bridgehead atoms. The number of nitrogens with zero attached hydrogens (tertiary/aromatic N) is 1. The van der Waals surface area contributed by atoms with E-state index in [1.165, 1.54) is 19.4 Å². The molecule has 0 aliphatic rings. The molecule has 1 aromatic carbocycles. The first kappa shape index (κ1) is 13.2. The summed E-state index contributed by atoms with van der Waals surface area (Å²) < 4.78 is 5.10. The SMILES string of the molecule is COc1ccc(Cl)c(-c2cnc(N)cc2C(=O)O)c1. The number of rotatable bonds is 3. The van der Waals surface area contributed by atoms with Gasteiger partial charge < -0.3 is 15.6 Å². The van der Waals surface area contributed by atoms with Gasteiger partial charge in [-0.05, 0) is 24.3 Å². The Balaban J connectivity index is 2.67. The summed E-state index contributed by atoms with van der Waals surface area (Å²) in [6, 6.07) is 6.28. The van der Waals surface area contributed by atoms with Gasteiger partial charge >= 0.3 is 5.97 Å². The summed E-state index contributed by atoms with van der Waals surface area (Å²) in [6.07, 6.45) is 1.39. The number of methoxy groups -OCH3 is 1.